The Balaban J connectivity index is 2.32. The second-order valence-electron chi connectivity index (χ2n) is 3.63. The van der Waals surface area contributed by atoms with Crippen LogP contribution in [0, 0.1) is 5.82 Å². The molecule has 0 aliphatic carbocycles. The van der Waals surface area contributed by atoms with E-state index in [2.05, 4.69) is 10.1 Å². The standard InChI is InChI=1S/C12H8FN3O/c13-9-4-2-1-3-8(9)10-7-12(17)16-11(15-10)5-6-14-16/h1-7,15H. The molecule has 2 heterocycles. The van der Waals surface area contributed by atoms with Gasteiger partial charge in [-0.05, 0) is 12.1 Å². The molecule has 3 rings (SSSR count). The fraction of sp³-hybridized carbons (Fsp3) is 0. The minimum absolute atomic E-state index is 0.290. The molecule has 0 atom stereocenters. The smallest absolute Gasteiger partial charge is 0.274 e. The van der Waals surface area contributed by atoms with E-state index in [0.29, 0.717) is 16.9 Å². The van der Waals surface area contributed by atoms with E-state index in [-0.39, 0.29) is 11.4 Å². The summed E-state index contributed by atoms with van der Waals surface area (Å²) in [5, 5.41) is 3.85. The molecule has 3 aromatic rings. The van der Waals surface area contributed by atoms with E-state index >= 15 is 0 Å². The maximum absolute atomic E-state index is 13.6. The van der Waals surface area contributed by atoms with Crippen molar-refractivity contribution < 1.29 is 4.39 Å². The summed E-state index contributed by atoms with van der Waals surface area (Å²) in [6.45, 7) is 0. The summed E-state index contributed by atoms with van der Waals surface area (Å²) >= 11 is 0. The summed E-state index contributed by atoms with van der Waals surface area (Å²) in [6.07, 6.45) is 1.51. The van der Waals surface area contributed by atoms with Gasteiger partial charge in [0.2, 0.25) is 0 Å². The normalized spacial score (nSPS) is 10.9. The third kappa shape index (κ3) is 1.52. The fourth-order valence-corrected chi connectivity index (χ4v) is 1.76. The average Bonchev–Trinajstić information content (AvgIpc) is 2.78. The number of benzene rings is 1. The quantitative estimate of drug-likeness (QED) is 0.692. The SMILES string of the molecule is O=c1cc(-c2ccccc2F)[nH]c2ccnn12. The lowest BCUT2D eigenvalue weighted by molar-refractivity contribution is 0.630. The molecule has 5 heteroatoms. The second-order valence-corrected chi connectivity index (χ2v) is 3.63. The van der Waals surface area contributed by atoms with Crippen molar-refractivity contribution in [2.24, 2.45) is 0 Å². The molecule has 4 nitrogen and oxygen atoms in total. The number of aromatic amines is 1. The number of nitrogens with one attached hydrogen (secondary N) is 1. The highest BCUT2D eigenvalue weighted by molar-refractivity contribution is 5.61. The number of aromatic nitrogens is 3. The zero-order valence-electron chi connectivity index (χ0n) is 8.72. The van der Waals surface area contributed by atoms with Gasteiger partial charge in [0.1, 0.15) is 11.5 Å². The largest absolute Gasteiger partial charge is 0.339 e. The predicted octanol–water partition coefficient (Wildman–Crippen LogP) is 1.83. The highest BCUT2D eigenvalue weighted by Gasteiger charge is 2.07. The average molecular weight is 229 g/mol. The molecule has 0 fully saturated rings. The maximum atomic E-state index is 13.6. The zero-order valence-corrected chi connectivity index (χ0v) is 8.72. The van der Waals surface area contributed by atoms with Crippen molar-refractivity contribution in [2.75, 3.05) is 0 Å². The van der Waals surface area contributed by atoms with Crippen molar-refractivity contribution >= 4 is 5.65 Å². The van der Waals surface area contributed by atoms with E-state index in [4.69, 9.17) is 0 Å². The molecule has 0 aliphatic heterocycles. The lowest BCUT2D eigenvalue weighted by Crippen LogP contribution is -2.14. The van der Waals surface area contributed by atoms with Crippen LogP contribution in [0.4, 0.5) is 4.39 Å². The molecular formula is C12H8FN3O. The van der Waals surface area contributed by atoms with Gasteiger partial charge in [-0.1, -0.05) is 12.1 Å². The molecule has 0 unspecified atom stereocenters. The zero-order chi connectivity index (χ0) is 11.8. The Bertz CT molecular complexity index is 745. The molecule has 0 aliphatic rings. The molecule has 0 radical (unpaired) electrons. The van der Waals surface area contributed by atoms with Crippen LogP contribution in [0.2, 0.25) is 0 Å². The Morgan fingerprint density at radius 3 is 2.88 bits per heavy atom. The Morgan fingerprint density at radius 2 is 2.06 bits per heavy atom. The van der Waals surface area contributed by atoms with Crippen molar-refractivity contribution in [3.63, 3.8) is 0 Å². The summed E-state index contributed by atoms with van der Waals surface area (Å²) in [5.41, 5.74) is 1.06. The first-order chi connectivity index (χ1) is 8.25. The van der Waals surface area contributed by atoms with Crippen molar-refractivity contribution in [2.45, 2.75) is 0 Å². The van der Waals surface area contributed by atoms with Crippen molar-refractivity contribution in [3.05, 3.63) is 58.8 Å². The maximum Gasteiger partial charge on any atom is 0.274 e. The van der Waals surface area contributed by atoms with Crippen LogP contribution in [0.25, 0.3) is 16.9 Å². The number of H-pyrrole nitrogens is 1. The van der Waals surface area contributed by atoms with Crippen LogP contribution in [0.3, 0.4) is 0 Å². The van der Waals surface area contributed by atoms with E-state index in [9.17, 15) is 9.18 Å². The number of nitrogens with zero attached hydrogens (tertiary/aromatic N) is 2. The molecule has 0 saturated carbocycles. The third-order valence-corrected chi connectivity index (χ3v) is 2.55. The summed E-state index contributed by atoms with van der Waals surface area (Å²) < 4.78 is 14.8. The van der Waals surface area contributed by atoms with E-state index in [1.807, 2.05) is 0 Å². The van der Waals surface area contributed by atoms with Crippen LogP contribution >= 0.6 is 0 Å². The van der Waals surface area contributed by atoms with Crippen molar-refractivity contribution in [1.29, 1.82) is 0 Å². The molecule has 0 saturated heterocycles. The minimum atomic E-state index is -0.369. The molecule has 0 spiro atoms. The highest BCUT2D eigenvalue weighted by Crippen LogP contribution is 2.19. The van der Waals surface area contributed by atoms with Crippen LogP contribution < -0.4 is 5.56 Å². The first-order valence-electron chi connectivity index (χ1n) is 5.08. The summed E-state index contributed by atoms with van der Waals surface area (Å²) in [4.78, 5) is 14.7. The summed E-state index contributed by atoms with van der Waals surface area (Å²) in [6, 6.07) is 9.29. The van der Waals surface area contributed by atoms with Crippen LogP contribution in [0.5, 0.6) is 0 Å². The molecule has 0 amide bonds. The Morgan fingerprint density at radius 1 is 1.24 bits per heavy atom. The van der Waals surface area contributed by atoms with Gasteiger partial charge in [0.05, 0.1) is 11.9 Å². The predicted molar refractivity (Wildman–Crippen MR) is 61.2 cm³/mol. The van der Waals surface area contributed by atoms with Crippen LogP contribution in [-0.2, 0) is 0 Å². The summed E-state index contributed by atoms with van der Waals surface area (Å²) in [7, 11) is 0. The topological polar surface area (TPSA) is 50.2 Å². The van der Waals surface area contributed by atoms with E-state index < -0.39 is 0 Å². The van der Waals surface area contributed by atoms with Crippen molar-refractivity contribution in [1.82, 2.24) is 14.6 Å². The van der Waals surface area contributed by atoms with Crippen molar-refractivity contribution in [3.8, 4) is 11.3 Å². The molecule has 17 heavy (non-hydrogen) atoms. The van der Waals surface area contributed by atoms with Gasteiger partial charge in [-0.2, -0.15) is 9.61 Å². The lowest BCUT2D eigenvalue weighted by atomic mass is 10.1. The molecule has 1 N–H and O–H groups in total. The molecule has 2 aromatic heterocycles. The number of hydrogen-bond donors (Lipinski definition) is 1. The van der Waals surface area contributed by atoms with Crippen LogP contribution in [0.1, 0.15) is 0 Å². The van der Waals surface area contributed by atoms with Gasteiger partial charge in [0.25, 0.3) is 5.56 Å². The van der Waals surface area contributed by atoms with Gasteiger partial charge >= 0.3 is 0 Å². The van der Waals surface area contributed by atoms with E-state index in [0.717, 1.165) is 0 Å². The van der Waals surface area contributed by atoms with E-state index in [1.165, 1.54) is 22.8 Å². The number of fused-ring (bicyclic) bond motifs is 1. The van der Waals surface area contributed by atoms with Gasteiger partial charge in [-0.3, -0.25) is 4.79 Å². The monoisotopic (exact) mass is 229 g/mol. The van der Waals surface area contributed by atoms with E-state index in [1.54, 1.807) is 24.3 Å². The fourth-order valence-electron chi connectivity index (χ4n) is 1.76. The van der Waals surface area contributed by atoms with Crippen LogP contribution in [-0.4, -0.2) is 14.6 Å². The van der Waals surface area contributed by atoms with Gasteiger partial charge in [-0.25, -0.2) is 4.39 Å². The molecule has 84 valence electrons. The first-order valence-corrected chi connectivity index (χ1v) is 5.08. The van der Waals surface area contributed by atoms with Gasteiger partial charge in [0, 0.05) is 17.7 Å². The molecular weight excluding hydrogens is 221 g/mol. The van der Waals surface area contributed by atoms with Gasteiger partial charge < -0.3 is 4.98 Å². The Kier molecular flexibility index (Phi) is 2.04. The summed E-state index contributed by atoms with van der Waals surface area (Å²) in [5.74, 6) is -0.369. The highest BCUT2D eigenvalue weighted by atomic mass is 19.1. The Labute approximate surface area is 95.3 Å². The van der Waals surface area contributed by atoms with Gasteiger partial charge in [-0.15, -0.1) is 0 Å². The van der Waals surface area contributed by atoms with Gasteiger partial charge in [0.15, 0.2) is 0 Å². The minimum Gasteiger partial charge on any atom is -0.339 e. The third-order valence-electron chi connectivity index (χ3n) is 2.55. The van der Waals surface area contributed by atoms with Crippen LogP contribution in [0.15, 0.2) is 47.4 Å². The number of halogens is 1. The Hall–Kier alpha value is -2.43. The molecule has 0 bridgehead atoms. The second kappa shape index (κ2) is 3.55. The first kappa shape index (κ1) is 9.77. The molecule has 1 aromatic carbocycles. The number of rotatable bonds is 1. The number of hydrogen-bond acceptors (Lipinski definition) is 2. The lowest BCUT2D eigenvalue weighted by Gasteiger charge is -2.03.